The van der Waals surface area contributed by atoms with Crippen molar-refractivity contribution in [2.75, 3.05) is 4.72 Å². The highest BCUT2D eigenvalue weighted by Gasteiger charge is 2.15. The zero-order valence-electron chi connectivity index (χ0n) is 13.6. The van der Waals surface area contributed by atoms with Crippen LogP contribution >= 0.6 is 0 Å². The van der Waals surface area contributed by atoms with Gasteiger partial charge in [0, 0.05) is 11.8 Å². The topological polar surface area (TPSA) is 89.8 Å². The van der Waals surface area contributed by atoms with Crippen molar-refractivity contribution in [1.82, 2.24) is 19.7 Å². The molecule has 0 bridgehead atoms. The molecule has 0 aliphatic carbocycles. The highest BCUT2D eigenvalue weighted by molar-refractivity contribution is 7.92. The van der Waals surface area contributed by atoms with Crippen molar-refractivity contribution >= 4 is 15.8 Å². The quantitative estimate of drug-likeness (QED) is 0.785. The number of rotatable bonds is 4. The average Bonchev–Trinajstić information content (AvgIpc) is 2.86. The third kappa shape index (κ3) is 3.28. The van der Waals surface area contributed by atoms with E-state index in [0.29, 0.717) is 5.82 Å². The summed E-state index contributed by atoms with van der Waals surface area (Å²) in [6.07, 6.45) is 1.30. The first kappa shape index (κ1) is 16.1. The molecule has 24 heavy (non-hydrogen) atoms. The summed E-state index contributed by atoms with van der Waals surface area (Å²) >= 11 is 0. The largest absolute Gasteiger partial charge is 0.263 e. The van der Waals surface area contributed by atoms with Crippen LogP contribution in [0.2, 0.25) is 0 Å². The minimum atomic E-state index is -3.70. The lowest BCUT2D eigenvalue weighted by Gasteiger charge is -2.09. The Hall–Kier alpha value is -2.74. The Morgan fingerprint density at radius 1 is 1.00 bits per heavy atom. The van der Waals surface area contributed by atoms with Gasteiger partial charge in [0.05, 0.1) is 10.6 Å². The van der Waals surface area contributed by atoms with Crippen molar-refractivity contribution in [1.29, 1.82) is 0 Å². The summed E-state index contributed by atoms with van der Waals surface area (Å²) in [6, 6.07) is 10.1. The van der Waals surface area contributed by atoms with Crippen LogP contribution in [0, 0.1) is 20.8 Å². The van der Waals surface area contributed by atoms with Gasteiger partial charge in [0.2, 0.25) is 0 Å². The molecule has 0 saturated carbocycles. The number of anilines is 1. The smallest absolute Gasteiger partial charge is 0.263 e. The van der Waals surface area contributed by atoms with Crippen molar-refractivity contribution in [3.8, 4) is 5.82 Å². The molecule has 0 aliphatic rings. The van der Waals surface area contributed by atoms with Gasteiger partial charge in [-0.1, -0.05) is 17.7 Å². The molecule has 0 amide bonds. The van der Waals surface area contributed by atoms with Crippen LogP contribution in [0.25, 0.3) is 5.82 Å². The zero-order valence-corrected chi connectivity index (χ0v) is 14.4. The summed E-state index contributed by atoms with van der Waals surface area (Å²) in [6.45, 7) is 5.68. The molecule has 2 heterocycles. The first-order valence-corrected chi connectivity index (χ1v) is 8.79. The lowest BCUT2D eigenvalue weighted by molar-refractivity contribution is 0.601. The third-order valence-electron chi connectivity index (χ3n) is 3.45. The summed E-state index contributed by atoms with van der Waals surface area (Å²) < 4.78 is 29.0. The molecule has 1 aromatic carbocycles. The number of hydrogen-bond donors (Lipinski definition) is 1. The van der Waals surface area contributed by atoms with Gasteiger partial charge in [0.15, 0.2) is 5.82 Å². The molecule has 0 radical (unpaired) electrons. The lowest BCUT2D eigenvalue weighted by atomic mass is 10.2. The number of benzene rings is 1. The van der Waals surface area contributed by atoms with Gasteiger partial charge >= 0.3 is 0 Å². The van der Waals surface area contributed by atoms with Crippen LogP contribution in [-0.4, -0.2) is 28.2 Å². The first-order chi connectivity index (χ1) is 11.3. The Kier molecular flexibility index (Phi) is 4.06. The molecule has 7 nitrogen and oxygen atoms in total. The van der Waals surface area contributed by atoms with E-state index in [1.807, 2.05) is 26.8 Å². The Labute approximate surface area is 140 Å². The third-order valence-corrected chi connectivity index (χ3v) is 4.82. The van der Waals surface area contributed by atoms with Gasteiger partial charge in [0.1, 0.15) is 12.1 Å². The molecule has 0 fully saturated rings. The average molecular weight is 343 g/mol. The minimum absolute atomic E-state index is 0.180. The van der Waals surface area contributed by atoms with E-state index in [1.54, 1.807) is 35.0 Å². The summed E-state index contributed by atoms with van der Waals surface area (Å²) in [5.41, 5.74) is 2.74. The molecule has 0 unspecified atom stereocenters. The SMILES string of the molecule is Cc1ccc(S(=O)(=O)Nc2cc(-n3nc(C)cc3C)ncn2)cc1. The molecule has 3 rings (SSSR count). The van der Waals surface area contributed by atoms with E-state index < -0.39 is 10.0 Å². The molecule has 2 aromatic heterocycles. The maximum atomic E-state index is 12.4. The van der Waals surface area contributed by atoms with E-state index in [-0.39, 0.29) is 10.7 Å². The number of nitrogens with one attached hydrogen (secondary N) is 1. The van der Waals surface area contributed by atoms with Crippen molar-refractivity contribution in [2.24, 2.45) is 0 Å². The summed E-state index contributed by atoms with van der Waals surface area (Å²) in [7, 11) is -3.70. The highest BCUT2D eigenvalue weighted by Crippen LogP contribution is 2.17. The first-order valence-electron chi connectivity index (χ1n) is 7.30. The van der Waals surface area contributed by atoms with Gasteiger partial charge in [-0.2, -0.15) is 5.10 Å². The molecule has 0 saturated heterocycles. The van der Waals surface area contributed by atoms with Gasteiger partial charge in [0.25, 0.3) is 10.0 Å². The van der Waals surface area contributed by atoms with E-state index >= 15 is 0 Å². The fourth-order valence-corrected chi connectivity index (χ4v) is 3.29. The van der Waals surface area contributed by atoms with E-state index in [2.05, 4.69) is 19.8 Å². The van der Waals surface area contributed by atoms with Crippen LogP contribution < -0.4 is 4.72 Å². The van der Waals surface area contributed by atoms with Gasteiger partial charge in [-0.05, 0) is 39.0 Å². The Bertz CT molecular complexity index is 978. The highest BCUT2D eigenvalue weighted by atomic mass is 32.2. The van der Waals surface area contributed by atoms with Gasteiger partial charge < -0.3 is 0 Å². The van der Waals surface area contributed by atoms with Gasteiger partial charge in [-0.3, -0.25) is 4.72 Å². The van der Waals surface area contributed by atoms with Crippen LogP contribution in [0.1, 0.15) is 17.0 Å². The standard InChI is InChI=1S/C16H17N5O2S/c1-11-4-6-14(7-5-11)24(22,23)20-15-9-16(18-10-17-15)21-13(3)8-12(2)19-21/h4-10H,1-3H3,(H,17,18,20). The molecular weight excluding hydrogens is 326 g/mol. The Morgan fingerprint density at radius 2 is 1.71 bits per heavy atom. The normalized spacial score (nSPS) is 11.5. The molecule has 0 aliphatic heterocycles. The number of aryl methyl sites for hydroxylation is 3. The second kappa shape index (κ2) is 6.04. The van der Waals surface area contributed by atoms with E-state index in [9.17, 15) is 8.42 Å². The maximum Gasteiger partial charge on any atom is 0.263 e. The van der Waals surface area contributed by atoms with Crippen molar-refractivity contribution in [3.05, 3.63) is 59.7 Å². The van der Waals surface area contributed by atoms with Gasteiger partial charge in [-0.15, -0.1) is 0 Å². The van der Waals surface area contributed by atoms with Crippen LogP contribution in [-0.2, 0) is 10.0 Å². The van der Waals surface area contributed by atoms with Crippen LogP contribution in [0.3, 0.4) is 0 Å². The number of hydrogen-bond acceptors (Lipinski definition) is 5. The van der Waals surface area contributed by atoms with Crippen molar-refractivity contribution in [3.63, 3.8) is 0 Å². The van der Waals surface area contributed by atoms with Crippen LogP contribution in [0.15, 0.2) is 47.6 Å². The van der Waals surface area contributed by atoms with Gasteiger partial charge in [-0.25, -0.2) is 23.1 Å². The monoisotopic (exact) mass is 343 g/mol. The lowest BCUT2D eigenvalue weighted by Crippen LogP contribution is -2.14. The zero-order chi connectivity index (χ0) is 17.3. The second-order valence-electron chi connectivity index (χ2n) is 5.52. The Balaban J connectivity index is 1.92. The van der Waals surface area contributed by atoms with Crippen molar-refractivity contribution < 1.29 is 8.42 Å². The van der Waals surface area contributed by atoms with Crippen LogP contribution in [0.5, 0.6) is 0 Å². The maximum absolute atomic E-state index is 12.4. The van der Waals surface area contributed by atoms with E-state index in [4.69, 9.17) is 0 Å². The molecule has 0 spiro atoms. The molecule has 124 valence electrons. The number of sulfonamides is 1. The van der Waals surface area contributed by atoms with E-state index in [1.165, 1.54) is 6.33 Å². The fraction of sp³-hybridized carbons (Fsp3) is 0.188. The molecule has 3 aromatic rings. The van der Waals surface area contributed by atoms with E-state index in [0.717, 1.165) is 17.0 Å². The number of nitrogens with zero attached hydrogens (tertiary/aromatic N) is 4. The fourth-order valence-electron chi connectivity index (χ4n) is 2.29. The van der Waals surface area contributed by atoms with Crippen LogP contribution in [0.4, 0.5) is 5.82 Å². The Morgan fingerprint density at radius 3 is 2.33 bits per heavy atom. The number of aromatic nitrogens is 4. The molecule has 1 N–H and O–H groups in total. The predicted molar refractivity (Wildman–Crippen MR) is 90.6 cm³/mol. The molecule has 0 atom stereocenters. The second-order valence-corrected chi connectivity index (χ2v) is 7.20. The summed E-state index contributed by atoms with van der Waals surface area (Å²) in [4.78, 5) is 8.32. The minimum Gasteiger partial charge on any atom is -0.263 e. The summed E-state index contributed by atoms with van der Waals surface area (Å²) in [5, 5.41) is 4.34. The summed E-state index contributed by atoms with van der Waals surface area (Å²) in [5.74, 6) is 0.685. The molecule has 8 heteroatoms. The van der Waals surface area contributed by atoms with Crippen molar-refractivity contribution in [2.45, 2.75) is 25.7 Å². The molecular formula is C16H17N5O2S. The predicted octanol–water partition coefficient (Wildman–Crippen LogP) is 2.39.